The lowest BCUT2D eigenvalue weighted by atomic mass is 10.0. The van der Waals surface area contributed by atoms with E-state index in [1.165, 1.54) is 11.1 Å². The zero-order valence-electron chi connectivity index (χ0n) is 19.1. The highest BCUT2D eigenvalue weighted by Gasteiger charge is 2.21. The number of rotatable bonds is 7. The molecule has 3 rings (SSSR count). The van der Waals surface area contributed by atoms with Gasteiger partial charge >= 0.3 is 0 Å². The summed E-state index contributed by atoms with van der Waals surface area (Å²) in [6.07, 6.45) is 2.08. The molecule has 1 aliphatic rings. The molecule has 0 aromatic heterocycles. The molecule has 0 amide bonds. The van der Waals surface area contributed by atoms with E-state index < -0.39 is 0 Å². The second kappa shape index (κ2) is 10.7. The summed E-state index contributed by atoms with van der Waals surface area (Å²) < 4.78 is 16.4. The summed E-state index contributed by atoms with van der Waals surface area (Å²) in [6.45, 7) is 7.07. The standard InChI is InChI=1S/C24H33N3O3S/c1-16-7-6-8-20(17(16)2)26-24(31)25-19-9-11-27(12-10-19)15-18-13-21(28-3)23(30-5)22(14-18)29-4/h6-8,13-14,19H,9-12,15H2,1-5H3,(H2,25,26,31). The van der Waals surface area contributed by atoms with Gasteiger partial charge in [0.05, 0.1) is 21.3 Å². The molecule has 1 aliphatic heterocycles. The van der Waals surface area contributed by atoms with Gasteiger partial charge in [-0.2, -0.15) is 0 Å². The lowest BCUT2D eigenvalue weighted by molar-refractivity contribution is 0.198. The molecular weight excluding hydrogens is 410 g/mol. The number of nitrogens with zero attached hydrogens (tertiary/aromatic N) is 1. The number of benzene rings is 2. The van der Waals surface area contributed by atoms with Gasteiger partial charge in [0.1, 0.15) is 0 Å². The molecule has 0 aliphatic carbocycles. The average molecular weight is 444 g/mol. The zero-order valence-corrected chi connectivity index (χ0v) is 19.9. The zero-order chi connectivity index (χ0) is 22.4. The molecule has 2 aromatic rings. The first-order valence-electron chi connectivity index (χ1n) is 10.6. The summed E-state index contributed by atoms with van der Waals surface area (Å²) in [4.78, 5) is 2.44. The van der Waals surface area contributed by atoms with Crippen LogP contribution in [0, 0.1) is 13.8 Å². The van der Waals surface area contributed by atoms with Crippen molar-refractivity contribution in [3.63, 3.8) is 0 Å². The number of ether oxygens (including phenoxy) is 3. The molecule has 31 heavy (non-hydrogen) atoms. The van der Waals surface area contributed by atoms with Crippen molar-refractivity contribution in [1.82, 2.24) is 10.2 Å². The van der Waals surface area contributed by atoms with Crippen LogP contribution in [-0.4, -0.2) is 50.5 Å². The molecule has 6 nitrogen and oxygen atoms in total. The maximum absolute atomic E-state index is 5.56. The van der Waals surface area contributed by atoms with Crippen LogP contribution in [0.3, 0.4) is 0 Å². The Morgan fingerprint density at radius 3 is 2.26 bits per heavy atom. The molecule has 0 bridgehead atoms. The van der Waals surface area contributed by atoms with Crippen molar-refractivity contribution in [3.8, 4) is 17.2 Å². The Labute approximate surface area is 190 Å². The van der Waals surface area contributed by atoms with E-state index in [9.17, 15) is 0 Å². The van der Waals surface area contributed by atoms with Gasteiger partial charge in [-0.05, 0) is 73.8 Å². The minimum Gasteiger partial charge on any atom is -0.493 e. The summed E-state index contributed by atoms with van der Waals surface area (Å²) in [6, 6.07) is 10.6. The molecule has 7 heteroatoms. The van der Waals surface area contributed by atoms with Crippen LogP contribution >= 0.6 is 12.2 Å². The minimum absolute atomic E-state index is 0.376. The van der Waals surface area contributed by atoms with Crippen LogP contribution in [0.4, 0.5) is 5.69 Å². The van der Waals surface area contributed by atoms with Crippen molar-refractivity contribution in [2.75, 3.05) is 39.7 Å². The first kappa shape index (κ1) is 23.2. The number of methoxy groups -OCH3 is 3. The van der Waals surface area contributed by atoms with E-state index in [2.05, 4.69) is 47.6 Å². The third-order valence-electron chi connectivity index (χ3n) is 5.91. The van der Waals surface area contributed by atoms with Gasteiger partial charge in [0, 0.05) is 31.4 Å². The highest BCUT2D eigenvalue weighted by molar-refractivity contribution is 7.80. The lowest BCUT2D eigenvalue weighted by Crippen LogP contribution is -2.45. The first-order valence-corrected chi connectivity index (χ1v) is 11.0. The van der Waals surface area contributed by atoms with Crippen molar-refractivity contribution in [2.24, 2.45) is 0 Å². The topological polar surface area (TPSA) is 55.0 Å². The fraction of sp³-hybridized carbons (Fsp3) is 0.458. The van der Waals surface area contributed by atoms with Crippen LogP contribution in [0.15, 0.2) is 30.3 Å². The molecule has 0 unspecified atom stereocenters. The Bertz CT molecular complexity index is 886. The monoisotopic (exact) mass is 443 g/mol. The number of likely N-dealkylation sites (tertiary alicyclic amines) is 1. The summed E-state index contributed by atoms with van der Waals surface area (Å²) in [7, 11) is 4.91. The molecule has 1 saturated heterocycles. The predicted molar refractivity (Wildman–Crippen MR) is 130 cm³/mol. The number of aryl methyl sites for hydroxylation is 1. The van der Waals surface area contributed by atoms with E-state index in [-0.39, 0.29) is 0 Å². The van der Waals surface area contributed by atoms with E-state index in [1.807, 2.05) is 12.1 Å². The van der Waals surface area contributed by atoms with Crippen molar-refractivity contribution in [2.45, 2.75) is 39.3 Å². The van der Waals surface area contributed by atoms with E-state index in [4.69, 9.17) is 26.4 Å². The molecule has 0 spiro atoms. The predicted octanol–water partition coefficient (Wildman–Crippen LogP) is 4.28. The highest BCUT2D eigenvalue weighted by atomic mass is 32.1. The molecule has 2 N–H and O–H groups in total. The summed E-state index contributed by atoms with van der Waals surface area (Å²) in [5.74, 6) is 2.01. The Hall–Kier alpha value is -2.51. The Morgan fingerprint density at radius 2 is 1.68 bits per heavy atom. The largest absolute Gasteiger partial charge is 0.493 e. The van der Waals surface area contributed by atoms with Crippen molar-refractivity contribution < 1.29 is 14.2 Å². The Morgan fingerprint density at radius 1 is 1.03 bits per heavy atom. The average Bonchev–Trinajstić information content (AvgIpc) is 2.77. The highest BCUT2D eigenvalue weighted by Crippen LogP contribution is 2.38. The van der Waals surface area contributed by atoms with Crippen LogP contribution in [0.2, 0.25) is 0 Å². The minimum atomic E-state index is 0.376. The molecule has 2 aromatic carbocycles. The van der Waals surface area contributed by atoms with Gasteiger partial charge in [0.15, 0.2) is 16.6 Å². The summed E-state index contributed by atoms with van der Waals surface area (Å²) in [5.41, 5.74) is 4.70. The van der Waals surface area contributed by atoms with E-state index in [0.29, 0.717) is 28.4 Å². The SMILES string of the molecule is COc1cc(CN2CCC(NC(=S)Nc3cccc(C)c3C)CC2)cc(OC)c1OC. The van der Waals surface area contributed by atoms with E-state index >= 15 is 0 Å². The van der Waals surface area contributed by atoms with Gasteiger partial charge in [-0.1, -0.05) is 12.1 Å². The third-order valence-corrected chi connectivity index (χ3v) is 6.13. The second-order valence-corrected chi connectivity index (χ2v) is 8.34. The molecule has 1 fully saturated rings. The number of hydrogen-bond acceptors (Lipinski definition) is 5. The van der Waals surface area contributed by atoms with Crippen LogP contribution in [-0.2, 0) is 6.54 Å². The Balaban J connectivity index is 1.53. The van der Waals surface area contributed by atoms with Crippen LogP contribution in [0.25, 0.3) is 0 Å². The van der Waals surface area contributed by atoms with Crippen LogP contribution in [0.1, 0.15) is 29.5 Å². The summed E-state index contributed by atoms with van der Waals surface area (Å²) in [5, 5.41) is 7.53. The quantitative estimate of drug-likeness (QED) is 0.620. The normalized spacial score (nSPS) is 14.7. The fourth-order valence-electron chi connectivity index (χ4n) is 3.95. The molecule has 0 saturated carbocycles. The number of hydrogen-bond donors (Lipinski definition) is 2. The van der Waals surface area contributed by atoms with Gasteiger partial charge in [-0.3, -0.25) is 4.90 Å². The van der Waals surface area contributed by atoms with Crippen LogP contribution in [0.5, 0.6) is 17.2 Å². The third kappa shape index (κ3) is 5.80. The Kier molecular flexibility index (Phi) is 7.98. The lowest BCUT2D eigenvalue weighted by Gasteiger charge is -2.33. The number of anilines is 1. The molecule has 0 radical (unpaired) electrons. The maximum Gasteiger partial charge on any atom is 0.203 e. The molecule has 0 atom stereocenters. The smallest absolute Gasteiger partial charge is 0.203 e. The van der Waals surface area contributed by atoms with E-state index in [0.717, 1.165) is 43.7 Å². The van der Waals surface area contributed by atoms with Gasteiger partial charge in [-0.25, -0.2) is 0 Å². The number of thiocarbonyl (C=S) groups is 1. The number of nitrogens with one attached hydrogen (secondary N) is 2. The summed E-state index contributed by atoms with van der Waals surface area (Å²) >= 11 is 5.56. The first-order chi connectivity index (χ1) is 14.9. The fourth-order valence-corrected chi connectivity index (χ4v) is 4.23. The van der Waals surface area contributed by atoms with Crippen molar-refractivity contribution >= 4 is 23.0 Å². The molecule has 168 valence electrons. The second-order valence-electron chi connectivity index (χ2n) is 7.93. The maximum atomic E-state index is 5.56. The van der Waals surface area contributed by atoms with E-state index in [1.54, 1.807) is 21.3 Å². The van der Waals surface area contributed by atoms with Crippen molar-refractivity contribution in [3.05, 3.63) is 47.0 Å². The van der Waals surface area contributed by atoms with Gasteiger partial charge in [0.2, 0.25) is 5.75 Å². The van der Waals surface area contributed by atoms with Gasteiger partial charge in [-0.15, -0.1) is 0 Å². The van der Waals surface area contributed by atoms with Crippen LogP contribution < -0.4 is 24.8 Å². The molecule has 1 heterocycles. The van der Waals surface area contributed by atoms with Crippen molar-refractivity contribution in [1.29, 1.82) is 0 Å². The molecular formula is C24H33N3O3S. The van der Waals surface area contributed by atoms with Gasteiger partial charge in [0.25, 0.3) is 0 Å². The number of piperidine rings is 1. The van der Waals surface area contributed by atoms with Gasteiger partial charge < -0.3 is 24.8 Å².